The molecule has 1 aliphatic heterocycles. The predicted molar refractivity (Wildman–Crippen MR) is 95.5 cm³/mol. The van der Waals surface area contributed by atoms with E-state index >= 15 is 0 Å². The van der Waals surface area contributed by atoms with Gasteiger partial charge in [-0.3, -0.25) is 9.59 Å². The molecule has 1 amide bonds. The molecule has 0 N–H and O–H groups in total. The Hall–Kier alpha value is -1.75. The van der Waals surface area contributed by atoms with Crippen LogP contribution in [0.15, 0.2) is 18.2 Å². The third-order valence-electron chi connectivity index (χ3n) is 4.99. The van der Waals surface area contributed by atoms with Crippen LogP contribution >= 0.6 is 11.6 Å². The Labute approximate surface area is 153 Å². The summed E-state index contributed by atoms with van der Waals surface area (Å²) < 4.78 is 11.6. The first-order chi connectivity index (χ1) is 12.1. The van der Waals surface area contributed by atoms with Crippen molar-refractivity contribution < 1.29 is 19.1 Å². The molecule has 0 unspecified atom stereocenters. The Morgan fingerprint density at radius 3 is 2.72 bits per heavy atom. The van der Waals surface area contributed by atoms with Crippen LogP contribution in [-0.4, -0.2) is 48.8 Å². The molecular weight excluding hydrogens is 342 g/mol. The van der Waals surface area contributed by atoms with Gasteiger partial charge in [0.15, 0.2) is 17.3 Å². The molecule has 6 heteroatoms. The standard InChI is InChI=1S/C19H24ClNO4/c1-24-17-7-6-13(8-18(17)25-16-4-2-3-5-16)14-9-19(23)21(11-14)12-15(22)10-20/h6-8,14,16H,2-5,9-12H2,1H3/t14-/m1/s1. The summed E-state index contributed by atoms with van der Waals surface area (Å²) in [6.45, 7) is 0.636. The number of ether oxygens (including phenoxy) is 2. The number of rotatable bonds is 7. The lowest BCUT2D eigenvalue weighted by Crippen LogP contribution is -2.31. The molecule has 0 bridgehead atoms. The number of likely N-dealkylation sites (tertiary alicyclic amines) is 1. The predicted octanol–water partition coefficient (Wildman–Crippen LogP) is 3.14. The molecule has 1 heterocycles. The lowest BCUT2D eigenvalue weighted by Gasteiger charge is -2.19. The highest BCUT2D eigenvalue weighted by molar-refractivity contribution is 6.28. The van der Waals surface area contributed by atoms with E-state index in [0.717, 1.165) is 24.2 Å². The average Bonchev–Trinajstić information content (AvgIpc) is 3.25. The van der Waals surface area contributed by atoms with Crippen LogP contribution in [0.2, 0.25) is 0 Å². The van der Waals surface area contributed by atoms with Gasteiger partial charge < -0.3 is 14.4 Å². The summed E-state index contributed by atoms with van der Waals surface area (Å²) in [5, 5.41) is 0. The molecular formula is C19H24ClNO4. The SMILES string of the molecule is COc1ccc([C@@H]2CC(=O)N(CC(=O)CCl)C2)cc1OC1CCCC1. The van der Waals surface area contributed by atoms with Crippen molar-refractivity contribution in [1.29, 1.82) is 0 Å². The zero-order valence-electron chi connectivity index (χ0n) is 14.5. The number of halogens is 1. The molecule has 1 aromatic carbocycles. The molecule has 3 rings (SSSR count). The zero-order valence-corrected chi connectivity index (χ0v) is 15.3. The van der Waals surface area contributed by atoms with Crippen LogP contribution in [0.5, 0.6) is 11.5 Å². The van der Waals surface area contributed by atoms with Crippen LogP contribution in [0.1, 0.15) is 43.6 Å². The maximum Gasteiger partial charge on any atom is 0.223 e. The number of nitrogens with zero attached hydrogens (tertiary/aromatic N) is 1. The molecule has 0 radical (unpaired) electrons. The molecule has 1 saturated heterocycles. The minimum Gasteiger partial charge on any atom is -0.493 e. The first-order valence-electron chi connectivity index (χ1n) is 8.80. The third-order valence-corrected chi connectivity index (χ3v) is 5.28. The van der Waals surface area contributed by atoms with Crippen molar-refractivity contribution in [2.24, 2.45) is 0 Å². The lowest BCUT2D eigenvalue weighted by molar-refractivity contribution is -0.131. The van der Waals surface area contributed by atoms with Crippen LogP contribution < -0.4 is 9.47 Å². The van der Waals surface area contributed by atoms with Crippen molar-refractivity contribution >= 4 is 23.3 Å². The van der Waals surface area contributed by atoms with Crippen molar-refractivity contribution in [3.05, 3.63) is 23.8 Å². The molecule has 2 aliphatic rings. The fourth-order valence-corrected chi connectivity index (χ4v) is 3.71. The van der Waals surface area contributed by atoms with Gasteiger partial charge in [0.25, 0.3) is 0 Å². The summed E-state index contributed by atoms with van der Waals surface area (Å²) in [6.07, 6.45) is 5.20. The third kappa shape index (κ3) is 4.27. The highest BCUT2D eigenvalue weighted by atomic mass is 35.5. The van der Waals surface area contributed by atoms with E-state index in [1.54, 1.807) is 12.0 Å². The molecule has 0 spiro atoms. The van der Waals surface area contributed by atoms with E-state index in [-0.39, 0.29) is 36.1 Å². The summed E-state index contributed by atoms with van der Waals surface area (Å²) in [5.41, 5.74) is 1.04. The van der Waals surface area contributed by atoms with E-state index in [2.05, 4.69) is 0 Å². The number of carbonyl (C=O) groups excluding carboxylic acids is 2. The van der Waals surface area contributed by atoms with Gasteiger partial charge in [0, 0.05) is 18.9 Å². The lowest BCUT2D eigenvalue weighted by atomic mass is 9.98. The summed E-state index contributed by atoms with van der Waals surface area (Å²) in [4.78, 5) is 25.3. The molecule has 1 atom stereocenters. The van der Waals surface area contributed by atoms with Crippen molar-refractivity contribution in [3.63, 3.8) is 0 Å². The quantitative estimate of drug-likeness (QED) is 0.696. The van der Waals surface area contributed by atoms with Crippen LogP contribution in [-0.2, 0) is 9.59 Å². The molecule has 2 fully saturated rings. The minimum absolute atomic E-state index is 0.00227. The number of benzene rings is 1. The Morgan fingerprint density at radius 1 is 1.28 bits per heavy atom. The largest absolute Gasteiger partial charge is 0.493 e. The van der Waals surface area contributed by atoms with Crippen molar-refractivity contribution in [3.8, 4) is 11.5 Å². The highest BCUT2D eigenvalue weighted by Crippen LogP contribution is 2.36. The van der Waals surface area contributed by atoms with E-state index in [9.17, 15) is 9.59 Å². The fraction of sp³-hybridized carbons (Fsp3) is 0.579. The van der Waals surface area contributed by atoms with E-state index in [4.69, 9.17) is 21.1 Å². The highest BCUT2D eigenvalue weighted by Gasteiger charge is 2.32. The normalized spacial score (nSPS) is 21.0. The first kappa shape index (κ1) is 18.1. The summed E-state index contributed by atoms with van der Waals surface area (Å²) in [5.74, 6) is 1.33. The second kappa shape index (κ2) is 8.09. The number of amides is 1. The number of ketones is 1. The fourth-order valence-electron chi connectivity index (χ4n) is 3.63. The molecule has 25 heavy (non-hydrogen) atoms. The first-order valence-corrected chi connectivity index (χ1v) is 9.34. The number of hydrogen-bond acceptors (Lipinski definition) is 4. The van der Waals surface area contributed by atoms with Gasteiger partial charge in [-0.15, -0.1) is 11.6 Å². The van der Waals surface area contributed by atoms with Crippen molar-refractivity contribution in [1.82, 2.24) is 4.90 Å². The van der Waals surface area contributed by atoms with Gasteiger partial charge >= 0.3 is 0 Å². The number of alkyl halides is 1. The van der Waals surface area contributed by atoms with Gasteiger partial charge in [-0.2, -0.15) is 0 Å². The Morgan fingerprint density at radius 2 is 2.04 bits per heavy atom. The van der Waals surface area contributed by atoms with Crippen molar-refractivity contribution in [2.45, 2.75) is 44.1 Å². The Kier molecular flexibility index (Phi) is 5.84. The smallest absolute Gasteiger partial charge is 0.223 e. The maximum absolute atomic E-state index is 12.2. The molecule has 1 saturated carbocycles. The number of methoxy groups -OCH3 is 1. The van der Waals surface area contributed by atoms with E-state index in [0.29, 0.717) is 18.7 Å². The Bertz CT molecular complexity index is 642. The zero-order chi connectivity index (χ0) is 17.8. The second-order valence-corrected chi connectivity index (χ2v) is 7.05. The van der Waals surface area contributed by atoms with Crippen LogP contribution in [0, 0.1) is 0 Å². The molecule has 1 aromatic rings. The van der Waals surface area contributed by atoms with Crippen molar-refractivity contribution in [2.75, 3.05) is 26.1 Å². The van der Waals surface area contributed by atoms with Gasteiger partial charge in [-0.05, 0) is 43.4 Å². The molecule has 1 aliphatic carbocycles. The Balaban J connectivity index is 1.73. The minimum atomic E-state index is -0.129. The topological polar surface area (TPSA) is 55.8 Å². The average molecular weight is 366 g/mol. The van der Waals surface area contributed by atoms with Gasteiger partial charge in [0.1, 0.15) is 0 Å². The van der Waals surface area contributed by atoms with E-state index in [1.807, 2.05) is 18.2 Å². The van der Waals surface area contributed by atoms with Gasteiger partial charge in [0.2, 0.25) is 5.91 Å². The number of Topliss-reactive ketones (excluding diaryl/α,β-unsaturated/α-hetero) is 1. The second-order valence-electron chi connectivity index (χ2n) is 6.78. The van der Waals surface area contributed by atoms with Gasteiger partial charge in [-0.25, -0.2) is 0 Å². The maximum atomic E-state index is 12.2. The van der Waals surface area contributed by atoms with E-state index in [1.165, 1.54) is 12.8 Å². The van der Waals surface area contributed by atoms with Gasteiger partial charge in [-0.1, -0.05) is 6.07 Å². The number of hydrogen-bond donors (Lipinski definition) is 0. The summed E-state index contributed by atoms with van der Waals surface area (Å²) in [7, 11) is 1.63. The van der Waals surface area contributed by atoms with Gasteiger partial charge in [0.05, 0.1) is 25.6 Å². The molecule has 136 valence electrons. The van der Waals surface area contributed by atoms with E-state index < -0.39 is 0 Å². The molecule has 0 aromatic heterocycles. The summed E-state index contributed by atoms with van der Waals surface area (Å²) >= 11 is 5.55. The van der Waals surface area contributed by atoms with Crippen LogP contribution in [0.4, 0.5) is 0 Å². The van der Waals surface area contributed by atoms with Crippen LogP contribution in [0.25, 0.3) is 0 Å². The summed E-state index contributed by atoms with van der Waals surface area (Å²) in [6, 6.07) is 5.86. The van der Waals surface area contributed by atoms with Crippen LogP contribution in [0.3, 0.4) is 0 Å². The molecule has 5 nitrogen and oxygen atoms in total. The monoisotopic (exact) mass is 365 g/mol. The number of carbonyl (C=O) groups is 2.